The second-order valence-electron chi connectivity index (χ2n) is 3.71. The summed E-state index contributed by atoms with van der Waals surface area (Å²) in [6.45, 7) is 1.93. The van der Waals surface area contributed by atoms with Crippen LogP contribution in [0.4, 0.5) is 11.6 Å². The zero-order valence-electron chi connectivity index (χ0n) is 10.2. The highest BCUT2D eigenvalue weighted by Crippen LogP contribution is 2.17. The summed E-state index contributed by atoms with van der Waals surface area (Å²) in [4.78, 5) is 19.9. The van der Waals surface area contributed by atoms with E-state index in [9.17, 15) is 4.79 Å². The molecule has 0 unspecified atom stereocenters. The molecule has 1 amide bonds. The largest absolute Gasteiger partial charge is 0.395 e. The molecule has 0 atom stereocenters. The zero-order valence-corrected chi connectivity index (χ0v) is 10.2. The van der Waals surface area contributed by atoms with Gasteiger partial charge in [-0.1, -0.05) is 6.92 Å². The first-order chi connectivity index (χ1) is 8.63. The molecule has 0 saturated carbocycles. The predicted octanol–water partition coefficient (Wildman–Crippen LogP) is 0.607. The van der Waals surface area contributed by atoms with E-state index >= 15 is 0 Å². The van der Waals surface area contributed by atoms with Crippen LogP contribution in [-0.2, 0) is 13.5 Å². The molecule has 2 rings (SSSR count). The van der Waals surface area contributed by atoms with Crippen molar-refractivity contribution in [3.8, 4) is 0 Å². The van der Waals surface area contributed by atoms with Crippen LogP contribution in [0.15, 0.2) is 18.5 Å². The Hall–Kier alpha value is -2.44. The van der Waals surface area contributed by atoms with E-state index < -0.39 is 0 Å². The van der Waals surface area contributed by atoms with Crippen LogP contribution < -0.4 is 11.1 Å². The fourth-order valence-corrected chi connectivity index (χ4v) is 1.65. The minimum atomic E-state index is -0.367. The van der Waals surface area contributed by atoms with Crippen molar-refractivity contribution in [3.05, 3.63) is 29.8 Å². The Morgan fingerprint density at radius 1 is 1.44 bits per heavy atom. The fourth-order valence-electron chi connectivity index (χ4n) is 1.65. The van der Waals surface area contributed by atoms with Gasteiger partial charge in [0.25, 0.3) is 5.91 Å². The Morgan fingerprint density at radius 2 is 2.11 bits per heavy atom. The third-order valence-electron chi connectivity index (χ3n) is 2.50. The molecule has 0 bridgehead atoms. The third kappa shape index (κ3) is 2.15. The van der Waals surface area contributed by atoms with E-state index in [2.05, 4.69) is 20.4 Å². The highest BCUT2D eigenvalue weighted by Gasteiger charge is 2.19. The van der Waals surface area contributed by atoms with Gasteiger partial charge < -0.3 is 5.73 Å². The summed E-state index contributed by atoms with van der Waals surface area (Å²) in [5, 5.41) is 6.76. The lowest BCUT2D eigenvalue weighted by molar-refractivity contribution is 0.101. The zero-order chi connectivity index (χ0) is 13.1. The third-order valence-corrected chi connectivity index (χ3v) is 2.50. The smallest absolute Gasteiger partial charge is 0.278 e. The standard InChI is InChI=1S/C11H14N6O/c1-3-7-8(12)9(17(2)16-7)10(18)15-11-13-5-4-6-14-11/h4-6H,3,12H2,1-2H3,(H,13,14,15,18). The molecule has 0 saturated heterocycles. The lowest BCUT2D eigenvalue weighted by Gasteiger charge is -2.04. The maximum atomic E-state index is 12.1. The van der Waals surface area contributed by atoms with Crippen LogP contribution in [0.25, 0.3) is 0 Å². The summed E-state index contributed by atoms with van der Waals surface area (Å²) < 4.78 is 1.46. The molecule has 0 aliphatic carbocycles. The summed E-state index contributed by atoms with van der Waals surface area (Å²) >= 11 is 0. The van der Waals surface area contributed by atoms with E-state index in [1.807, 2.05) is 6.92 Å². The van der Waals surface area contributed by atoms with Crippen LogP contribution >= 0.6 is 0 Å². The number of aryl methyl sites for hydroxylation is 2. The summed E-state index contributed by atoms with van der Waals surface area (Å²) in [7, 11) is 1.68. The number of nitrogens with zero attached hydrogens (tertiary/aromatic N) is 4. The monoisotopic (exact) mass is 246 g/mol. The molecule has 2 aromatic rings. The van der Waals surface area contributed by atoms with Gasteiger partial charge in [-0.05, 0) is 12.5 Å². The van der Waals surface area contributed by atoms with Gasteiger partial charge in [-0.2, -0.15) is 5.10 Å². The van der Waals surface area contributed by atoms with E-state index in [-0.39, 0.29) is 11.9 Å². The molecule has 0 radical (unpaired) electrons. The average Bonchev–Trinajstić information content (AvgIpc) is 2.65. The van der Waals surface area contributed by atoms with Crippen molar-refractivity contribution in [1.82, 2.24) is 19.7 Å². The summed E-state index contributed by atoms with van der Waals surface area (Å²) in [5.74, 6) is -0.130. The average molecular weight is 246 g/mol. The molecule has 2 heterocycles. The van der Waals surface area contributed by atoms with Crippen molar-refractivity contribution >= 4 is 17.5 Å². The number of hydrogen-bond acceptors (Lipinski definition) is 5. The van der Waals surface area contributed by atoms with Gasteiger partial charge in [0.2, 0.25) is 5.95 Å². The van der Waals surface area contributed by atoms with Crippen molar-refractivity contribution in [2.75, 3.05) is 11.1 Å². The number of nitrogens with two attached hydrogens (primary N) is 1. The summed E-state index contributed by atoms with van der Waals surface area (Å²) in [6, 6.07) is 1.67. The fraction of sp³-hybridized carbons (Fsp3) is 0.273. The molecule has 7 nitrogen and oxygen atoms in total. The van der Waals surface area contributed by atoms with Crippen molar-refractivity contribution < 1.29 is 4.79 Å². The molecule has 0 spiro atoms. The number of carbonyl (C=O) groups excluding carboxylic acids is 1. The van der Waals surface area contributed by atoms with E-state index in [0.717, 1.165) is 0 Å². The van der Waals surface area contributed by atoms with Crippen molar-refractivity contribution in [3.63, 3.8) is 0 Å². The first kappa shape index (κ1) is 12.0. The second kappa shape index (κ2) is 4.82. The van der Waals surface area contributed by atoms with E-state index in [4.69, 9.17) is 5.73 Å². The minimum Gasteiger partial charge on any atom is -0.395 e. The number of anilines is 2. The molecule has 2 aromatic heterocycles. The number of amides is 1. The SMILES string of the molecule is CCc1nn(C)c(C(=O)Nc2ncccn2)c1N. The van der Waals surface area contributed by atoms with Crippen LogP contribution in [0.3, 0.4) is 0 Å². The number of hydrogen-bond donors (Lipinski definition) is 2. The molecule has 3 N–H and O–H groups in total. The van der Waals surface area contributed by atoms with Crippen LogP contribution in [0.1, 0.15) is 23.1 Å². The number of carbonyl (C=O) groups is 1. The second-order valence-corrected chi connectivity index (χ2v) is 3.71. The molecule has 18 heavy (non-hydrogen) atoms. The summed E-state index contributed by atoms with van der Waals surface area (Å²) in [6.07, 6.45) is 3.77. The van der Waals surface area contributed by atoms with Crippen LogP contribution in [-0.4, -0.2) is 25.7 Å². The quantitative estimate of drug-likeness (QED) is 0.826. The Kier molecular flexibility index (Phi) is 3.22. The number of rotatable bonds is 3. The van der Waals surface area contributed by atoms with E-state index in [1.165, 1.54) is 4.68 Å². The normalized spacial score (nSPS) is 10.3. The molecule has 0 aliphatic rings. The number of aromatic nitrogens is 4. The van der Waals surface area contributed by atoms with Gasteiger partial charge in [-0.15, -0.1) is 0 Å². The Morgan fingerprint density at radius 3 is 2.67 bits per heavy atom. The highest BCUT2D eigenvalue weighted by atomic mass is 16.2. The van der Waals surface area contributed by atoms with Gasteiger partial charge in [0.1, 0.15) is 5.69 Å². The minimum absolute atomic E-state index is 0.237. The van der Waals surface area contributed by atoms with Crippen LogP contribution in [0.5, 0.6) is 0 Å². The Labute approximate surface area is 104 Å². The van der Waals surface area contributed by atoms with Crippen LogP contribution in [0, 0.1) is 0 Å². The lowest BCUT2D eigenvalue weighted by Crippen LogP contribution is -2.19. The Bertz CT molecular complexity index is 562. The van der Waals surface area contributed by atoms with Crippen molar-refractivity contribution in [2.45, 2.75) is 13.3 Å². The highest BCUT2D eigenvalue weighted by molar-refractivity contribution is 6.05. The van der Waals surface area contributed by atoms with Crippen LogP contribution in [0.2, 0.25) is 0 Å². The van der Waals surface area contributed by atoms with Gasteiger partial charge in [0, 0.05) is 19.4 Å². The van der Waals surface area contributed by atoms with Gasteiger partial charge >= 0.3 is 0 Å². The van der Waals surface area contributed by atoms with Gasteiger partial charge in [-0.3, -0.25) is 14.8 Å². The first-order valence-electron chi connectivity index (χ1n) is 5.53. The van der Waals surface area contributed by atoms with Gasteiger partial charge in [-0.25, -0.2) is 9.97 Å². The van der Waals surface area contributed by atoms with Crippen molar-refractivity contribution in [1.29, 1.82) is 0 Å². The van der Waals surface area contributed by atoms with Gasteiger partial charge in [0.15, 0.2) is 0 Å². The van der Waals surface area contributed by atoms with Crippen molar-refractivity contribution in [2.24, 2.45) is 7.05 Å². The molecular weight excluding hydrogens is 232 g/mol. The maximum Gasteiger partial charge on any atom is 0.278 e. The molecule has 0 aromatic carbocycles. The number of nitrogen functional groups attached to an aromatic ring is 1. The van der Waals surface area contributed by atoms with E-state index in [1.54, 1.807) is 25.5 Å². The molecule has 94 valence electrons. The molecule has 0 fully saturated rings. The predicted molar refractivity (Wildman–Crippen MR) is 67.0 cm³/mol. The topological polar surface area (TPSA) is 98.7 Å². The molecule has 0 aliphatic heterocycles. The lowest BCUT2D eigenvalue weighted by atomic mass is 10.2. The van der Waals surface area contributed by atoms with E-state index in [0.29, 0.717) is 23.5 Å². The summed E-state index contributed by atoms with van der Waals surface area (Å²) in [5.41, 5.74) is 7.30. The maximum absolute atomic E-state index is 12.1. The first-order valence-corrected chi connectivity index (χ1v) is 5.53. The molecule has 7 heteroatoms. The Balaban J connectivity index is 2.27. The molecular formula is C11H14N6O. The number of nitrogens with one attached hydrogen (secondary N) is 1. The van der Waals surface area contributed by atoms with Gasteiger partial charge in [0.05, 0.1) is 11.4 Å².